The van der Waals surface area contributed by atoms with E-state index in [4.69, 9.17) is 34.8 Å². The van der Waals surface area contributed by atoms with Gasteiger partial charge in [-0.2, -0.15) is 0 Å². The Kier molecular flexibility index (Phi) is 4.37. The lowest BCUT2D eigenvalue weighted by Crippen LogP contribution is -1.84. The van der Waals surface area contributed by atoms with E-state index in [1.165, 1.54) is 0 Å². The van der Waals surface area contributed by atoms with Crippen LogP contribution >= 0.6 is 50.7 Å². The zero-order valence-corrected chi connectivity index (χ0v) is 12.5. The maximum Gasteiger partial charge on any atom is 0.0598 e. The number of hydrogen-bond donors (Lipinski definition) is 0. The van der Waals surface area contributed by atoms with Gasteiger partial charge in [0, 0.05) is 15.9 Å². The van der Waals surface area contributed by atoms with Gasteiger partial charge in [-0.3, -0.25) is 0 Å². The Morgan fingerprint density at radius 2 is 1.53 bits per heavy atom. The van der Waals surface area contributed by atoms with Crippen molar-refractivity contribution < 1.29 is 0 Å². The Morgan fingerprint density at radius 1 is 0.824 bits per heavy atom. The number of benzene rings is 2. The minimum Gasteiger partial charge on any atom is -0.0876 e. The van der Waals surface area contributed by atoms with Crippen LogP contribution in [0.3, 0.4) is 0 Å². The number of alkyl halides is 1. The first-order chi connectivity index (χ1) is 8.11. The second kappa shape index (κ2) is 5.62. The molecule has 0 unspecified atom stereocenters. The molecule has 0 radical (unpaired) electrons. The molecule has 0 amide bonds. The van der Waals surface area contributed by atoms with Gasteiger partial charge in [0.05, 0.1) is 10.0 Å². The summed E-state index contributed by atoms with van der Waals surface area (Å²) >= 11 is 21.5. The maximum absolute atomic E-state index is 6.19. The Hall–Kier alpha value is -0.210. The topological polar surface area (TPSA) is 0 Å². The molecule has 0 aliphatic heterocycles. The van der Waals surface area contributed by atoms with Crippen LogP contribution in [0.5, 0.6) is 0 Å². The maximum atomic E-state index is 6.19. The van der Waals surface area contributed by atoms with Gasteiger partial charge in [0.25, 0.3) is 0 Å². The molecule has 88 valence electrons. The molecule has 0 spiro atoms. The standard InChI is InChI=1S/C13H8BrCl3/c14-7-8-1-3-11(15)10(5-8)9-2-4-12(16)13(17)6-9/h1-6H,7H2. The Morgan fingerprint density at radius 3 is 2.18 bits per heavy atom. The van der Waals surface area contributed by atoms with Gasteiger partial charge in [-0.05, 0) is 35.4 Å². The average molecular weight is 350 g/mol. The lowest BCUT2D eigenvalue weighted by atomic mass is 10.0. The Labute approximate surface area is 124 Å². The monoisotopic (exact) mass is 348 g/mol. The largest absolute Gasteiger partial charge is 0.0876 e. The molecule has 0 atom stereocenters. The van der Waals surface area contributed by atoms with Crippen molar-refractivity contribution >= 4 is 50.7 Å². The van der Waals surface area contributed by atoms with Gasteiger partial charge in [-0.15, -0.1) is 0 Å². The van der Waals surface area contributed by atoms with E-state index < -0.39 is 0 Å². The van der Waals surface area contributed by atoms with Crippen LogP contribution < -0.4 is 0 Å². The molecule has 0 aliphatic carbocycles. The summed E-state index contributed by atoms with van der Waals surface area (Å²) in [6.45, 7) is 0. The highest BCUT2D eigenvalue weighted by atomic mass is 79.9. The minimum absolute atomic E-state index is 0.532. The third-order valence-electron chi connectivity index (χ3n) is 2.42. The van der Waals surface area contributed by atoms with Crippen LogP contribution in [0, 0.1) is 0 Å². The normalized spacial score (nSPS) is 10.6. The van der Waals surface area contributed by atoms with Crippen molar-refractivity contribution in [1.29, 1.82) is 0 Å². The van der Waals surface area contributed by atoms with Crippen LogP contribution in [0.2, 0.25) is 15.1 Å². The molecule has 0 nitrogen and oxygen atoms in total. The van der Waals surface area contributed by atoms with E-state index in [-0.39, 0.29) is 0 Å². The molecule has 0 saturated carbocycles. The Bertz CT molecular complexity index is 552. The molecular formula is C13H8BrCl3. The predicted molar refractivity (Wildman–Crippen MR) is 79.5 cm³/mol. The van der Waals surface area contributed by atoms with Gasteiger partial charge in [-0.1, -0.05) is 62.9 Å². The molecule has 2 aromatic carbocycles. The van der Waals surface area contributed by atoms with Crippen molar-refractivity contribution in [3.63, 3.8) is 0 Å². The molecule has 0 N–H and O–H groups in total. The van der Waals surface area contributed by atoms with E-state index in [1.807, 2.05) is 30.3 Å². The van der Waals surface area contributed by atoms with Gasteiger partial charge in [-0.25, -0.2) is 0 Å². The minimum atomic E-state index is 0.532. The third kappa shape index (κ3) is 2.97. The number of rotatable bonds is 2. The quantitative estimate of drug-likeness (QED) is 0.565. The first kappa shape index (κ1) is 13.2. The van der Waals surface area contributed by atoms with Gasteiger partial charge in [0.15, 0.2) is 0 Å². The van der Waals surface area contributed by atoms with Gasteiger partial charge in [0.1, 0.15) is 0 Å². The molecule has 0 bridgehead atoms. The fourth-order valence-corrected chi connectivity index (χ4v) is 2.41. The Balaban J connectivity index is 2.55. The van der Waals surface area contributed by atoms with Gasteiger partial charge >= 0.3 is 0 Å². The van der Waals surface area contributed by atoms with E-state index in [0.717, 1.165) is 22.0 Å². The summed E-state index contributed by atoms with van der Waals surface area (Å²) in [7, 11) is 0. The van der Waals surface area contributed by atoms with Crippen molar-refractivity contribution in [3.8, 4) is 11.1 Å². The van der Waals surface area contributed by atoms with Crippen LogP contribution in [0.15, 0.2) is 36.4 Å². The summed E-state index contributed by atoms with van der Waals surface area (Å²) in [6, 6.07) is 11.4. The predicted octanol–water partition coefficient (Wildman–Crippen LogP) is 6.21. The molecule has 2 rings (SSSR count). The molecule has 0 aromatic heterocycles. The van der Waals surface area contributed by atoms with Crippen molar-refractivity contribution in [2.24, 2.45) is 0 Å². The van der Waals surface area contributed by atoms with Gasteiger partial charge in [0.2, 0.25) is 0 Å². The molecular weight excluding hydrogens is 342 g/mol. The summed E-state index contributed by atoms with van der Waals surface area (Å²) < 4.78 is 0. The molecule has 2 aromatic rings. The molecule has 0 fully saturated rings. The van der Waals surface area contributed by atoms with Crippen LogP contribution in [-0.2, 0) is 5.33 Å². The van der Waals surface area contributed by atoms with E-state index in [1.54, 1.807) is 6.07 Å². The highest BCUT2D eigenvalue weighted by Crippen LogP contribution is 2.33. The third-order valence-corrected chi connectivity index (χ3v) is 4.13. The second-order valence-corrected chi connectivity index (χ2v) is 5.36. The SMILES string of the molecule is Clc1ccc(-c2cc(CBr)ccc2Cl)cc1Cl. The van der Waals surface area contributed by atoms with Gasteiger partial charge < -0.3 is 0 Å². The summed E-state index contributed by atoms with van der Waals surface area (Å²) in [5, 5.41) is 2.57. The fraction of sp³-hybridized carbons (Fsp3) is 0.0769. The lowest BCUT2D eigenvalue weighted by Gasteiger charge is -2.07. The number of hydrogen-bond acceptors (Lipinski definition) is 0. The fourth-order valence-electron chi connectivity index (χ4n) is 1.54. The van der Waals surface area contributed by atoms with Crippen molar-refractivity contribution in [2.45, 2.75) is 5.33 Å². The summed E-state index contributed by atoms with van der Waals surface area (Å²) in [6.07, 6.45) is 0. The average Bonchev–Trinajstić information content (AvgIpc) is 2.33. The first-order valence-corrected chi connectivity index (χ1v) is 7.17. The zero-order valence-electron chi connectivity index (χ0n) is 8.68. The van der Waals surface area contributed by atoms with E-state index >= 15 is 0 Å². The molecule has 0 aliphatic rings. The first-order valence-electron chi connectivity index (χ1n) is 4.91. The van der Waals surface area contributed by atoms with Crippen molar-refractivity contribution in [1.82, 2.24) is 0 Å². The number of halogens is 4. The smallest absolute Gasteiger partial charge is 0.0598 e. The van der Waals surface area contributed by atoms with Crippen LogP contribution in [0.4, 0.5) is 0 Å². The highest BCUT2D eigenvalue weighted by Gasteiger charge is 2.07. The molecule has 17 heavy (non-hydrogen) atoms. The van der Waals surface area contributed by atoms with Crippen LogP contribution in [0.1, 0.15) is 5.56 Å². The highest BCUT2D eigenvalue weighted by molar-refractivity contribution is 9.08. The lowest BCUT2D eigenvalue weighted by molar-refractivity contribution is 1.43. The second-order valence-electron chi connectivity index (χ2n) is 3.58. The van der Waals surface area contributed by atoms with E-state index in [2.05, 4.69) is 15.9 Å². The summed E-state index contributed by atoms with van der Waals surface area (Å²) in [4.78, 5) is 0. The van der Waals surface area contributed by atoms with Crippen LogP contribution in [0.25, 0.3) is 11.1 Å². The molecule has 4 heteroatoms. The molecule has 0 heterocycles. The van der Waals surface area contributed by atoms with E-state index in [0.29, 0.717) is 15.1 Å². The van der Waals surface area contributed by atoms with E-state index in [9.17, 15) is 0 Å². The summed E-state index contributed by atoms with van der Waals surface area (Å²) in [5.74, 6) is 0. The molecule has 0 saturated heterocycles. The van der Waals surface area contributed by atoms with Crippen molar-refractivity contribution in [3.05, 3.63) is 57.0 Å². The summed E-state index contributed by atoms with van der Waals surface area (Å²) in [5.41, 5.74) is 3.09. The van der Waals surface area contributed by atoms with Crippen LogP contribution in [-0.4, -0.2) is 0 Å². The zero-order chi connectivity index (χ0) is 12.4. The van der Waals surface area contributed by atoms with Crippen molar-refractivity contribution in [2.75, 3.05) is 0 Å².